The van der Waals surface area contributed by atoms with Crippen molar-refractivity contribution in [1.82, 2.24) is 5.32 Å². The van der Waals surface area contributed by atoms with Crippen molar-refractivity contribution in [1.29, 1.82) is 0 Å². The smallest absolute Gasteiger partial charge is 0.251 e. The minimum atomic E-state index is -0.175. The minimum Gasteiger partial charge on any atom is -0.508 e. The molecule has 0 aromatic heterocycles. The van der Waals surface area contributed by atoms with Crippen LogP contribution in [0.3, 0.4) is 0 Å². The van der Waals surface area contributed by atoms with E-state index in [0.717, 1.165) is 11.3 Å². The van der Waals surface area contributed by atoms with E-state index in [9.17, 15) is 9.90 Å². The number of hydrogen-bond donors (Lipinski definition) is 2. The molecule has 21 heavy (non-hydrogen) atoms. The first-order chi connectivity index (χ1) is 10.1. The largest absolute Gasteiger partial charge is 0.508 e. The van der Waals surface area contributed by atoms with E-state index < -0.39 is 0 Å². The van der Waals surface area contributed by atoms with Crippen LogP contribution in [-0.4, -0.2) is 24.2 Å². The fraction of sp³-hybridized carbons (Fsp3) is 0.235. The molecule has 0 heterocycles. The van der Waals surface area contributed by atoms with Crippen LogP contribution in [0.15, 0.2) is 42.5 Å². The Morgan fingerprint density at radius 1 is 1.19 bits per heavy atom. The summed E-state index contributed by atoms with van der Waals surface area (Å²) in [6.07, 6.45) is 0. The van der Waals surface area contributed by atoms with E-state index >= 15 is 0 Å². The van der Waals surface area contributed by atoms with Crippen LogP contribution in [0.2, 0.25) is 0 Å². The number of rotatable bonds is 5. The van der Waals surface area contributed by atoms with Gasteiger partial charge in [0.25, 0.3) is 5.91 Å². The number of phenolic OH excluding ortho intramolecular Hbond substituents is 1. The fourth-order valence-corrected chi connectivity index (χ4v) is 1.94. The fourth-order valence-electron chi connectivity index (χ4n) is 1.94. The van der Waals surface area contributed by atoms with E-state index in [4.69, 9.17) is 4.74 Å². The van der Waals surface area contributed by atoms with Crippen LogP contribution in [0.25, 0.3) is 0 Å². The summed E-state index contributed by atoms with van der Waals surface area (Å²) >= 11 is 0. The molecule has 110 valence electrons. The molecule has 0 saturated heterocycles. The Labute approximate surface area is 124 Å². The maximum absolute atomic E-state index is 11.9. The Morgan fingerprint density at radius 2 is 2.00 bits per heavy atom. The summed E-state index contributed by atoms with van der Waals surface area (Å²) < 4.78 is 5.56. The molecule has 0 aliphatic heterocycles. The maximum atomic E-state index is 11.9. The number of nitrogens with one attached hydrogen (secondary N) is 1. The highest BCUT2D eigenvalue weighted by atomic mass is 16.5. The molecule has 0 radical (unpaired) electrons. The molecule has 0 atom stereocenters. The average Bonchev–Trinajstić information content (AvgIpc) is 2.46. The first-order valence-corrected chi connectivity index (χ1v) is 6.83. The van der Waals surface area contributed by atoms with Crippen molar-refractivity contribution >= 4 is 5.91 Å². The third-order valence-electron chi connectivity index (χ3n) is 3.10. The van der Waals surface area contributed by atoms with E-state index in [1.807, 2.05) is 31.2 Å². The van der Waals surface area contributed by atoms with Gasteiger partial charge in [0.1, 0.15) is 18.1 Å². The van der Waals surface area contributed by atoms with Gasteiger partial charge in [0.15, 0.2) is 0 Å². The summed E-state index contributed by atoms with van der Waals surface area (Å²) in [7, 11) is 0. The zero-order valence-corrected chi connectivity index (χ0v) is 12.2. The Bertz CT molecular complexity index is 638. The van der Waals surface area contributed by atoms with Crippen molar-refractivity contribution in [3.8, 4) is 11.5 Å². The van der Waals surface area contributed by atoms with Gasteiger partial charge in [-0.15, -0.1) is 0 Å². The molecule has 2 rings (SSSR count). The van der Waals surface area contributed by atoms with E-state index in [1.165, 1.54) is 6.07 Å². The SMILES string of the molecule is Cc1cccc(OCCNC(=O)c2ccc(O)c(C)c2)c1. The van der Waals surface area contributed by atoms with Gasteiger partial charge >= 0.3 is 0 Å². The summed E-state index contributed by atoms with van der Waals surface area (Å²) in [6, 6.07) is 12.5. The average molecular weight is 285 g/mol. The number of ether oxygens (including phenoxy) is 1. The molecule has 4 heteroatoms. The van der Waals surface area contributed by atoms with Gasteiger partial charge in [0, 0.05) is 5.56 Å². The highest BCUT2D eigenvalue weighted by Crippen LogP contribution is 2.16. The Hall–Kier alpha value is -2.49. The van der Waals surface area contributed by atoms with Crippen LogP contribution in [0.4, 0.5) is 0 Å². The topological polar surface area (TPSA) is 58.6 Å². The summed E-state index contributed by atoms with van der Waals surface area (Å²) in [5, 5.41) is 12.2. The molecule has 0 fully saturated rings. The normalized spacial score (nSPS) is 10.2. The van der Waals surface area contributed by atoms with Crippen LogP contribution in [0, 0.1) is 13.8 Å². The summed E-state index contributed by atoms with van der Waals surface area (Å²) in [5.74, 6) is 0.810. The van der Waals surface area contributed by atoms with E-state index in [0.29, 0.717) is 24.3 Å². The highest BCUT2D eigenvalue weighted by Gasteiger charge is 2.06. The van der Waals surface area contributed by atoms with Crippen LogP contribution < -0.4 is 10.1 Å². The van der Waals surface area contributed by atoms with Gasteiger partial charge in [0.2, 0.25) is 0 Å². The molecule has 2 aromatic carbocycles. The van der Waals surface area contributed by atoms with Crippen LogP contribution in [0.1, 0.15) is 21.5 Å². The monoisotopic (exact) mass is 285 g/mol. The number of carbonyl (C=O) groups excluding carboxylic acids is 1. The highest BCUT2D eigenvalue weighted by molar-refractivity contribution is 5.94. The lowest BCUT2D eigenvalue weighted by molar-refractivity contribution is 0.0947. The van der Waals surface area contributed by atoms with Gasteiger partial charge in [-0.2, -0.15) is 0 Å². The lowest BCUT2D eigenvalue weighted by atomic mass is 10.1. The van der Waals surface area contributed by atoms with Gasteiger partial charge in [-0.05, 0) is 55.3 Å². The van der Waals surface area contributed by atoms with Crippen LogP contribution in [0.5, 0.6) is 11.5 Å². The Morgan fingerprint density at radius 3 is 2.71 bits per heavy atom. The predicted molar refractivity (Wildman–Crippen MR) is 81.9 cm³/mol. The maximum Gasteiger partial charge on any atom is 0.251 e. The van der Waals surface area contributed by atoms with Crippen molar-refractivity contribution < 1.29 is 14.6 Å². The quantitative estimate of drug-likeness (QED) is 0.831. The number of hydrogen-bond acceptors (Lipinski definition) is 3. The number of amides is 1. The minimum absolute atomic E-state index is 0.175. The van der Waals surface area contributed by atoms with Crippen molar-refractivity contribution in [2.75, 3.05) is 13.2 Å². The van der Waals surface area contributed by atoms with Gasteiger partial charge in [-0.1, -0.05) is 12.1 Å². The van der Waals surface area contributed by atoms with Gasteiger partial charge in [-0.25, -0.2) is 0 Å². The lowest BCUT2D eigenvalue weighted by Gasteiger charge is -2.09. The molecular weight excluding hydrogens is 266 g/mol. The Kier molecular flexibility index (Phi) is 4.82. The van der Waals surface area contributed by atoms with E-state index in [1.54, 1.807) is 19.1 Å². The number of aryl methyl sites for hydroxylation is 2. The third kappa shape index (κ3) is 4.24. The third-order valence-corrected chi connectivity index (χ3v) is 3.10. The lowest BCUT2D eigenvalue weighted by Crippen LogP contribution is -2.28. The van der Waals surface area contributed by atoms with Gasteiger partial charge < -0.3 is 15.2 Å². The number of phenols is 1. The molecule has 0 spiro atoms. The molecule has 4 nitrogen and oxygen atoms in total. The summed E-state index contributed by atoms with van der Waals surface area (Å²) in [5.41, 5.74) is 2.34. The molecule has 0 aliphatic rings. The molecule has 2 aromatic rings. The molecular formula is C17H19NO3. The molecule has 0 unspecified atom stereocenters. The Balaban J connectivity index is 1.80. The molecule has 1 amide bonds. The van der Waals surface area contributed by atoms with Gasteiger partial charge in [0.05, 0.1) is 6.54 Å². The van der Waals surface area contributed by atoms with E-state index in [-0.39, 0.29) is 11.7 Å². The predicted octanol–water partition coefficient (Wildman–Crippen LogP) is 2.82. The van der Waals surface area contributed by atoms with Crippen molar-refractivity contribution in [3.63, 3.8) is 0 Å². The number of benzene rings is 2. The van der Waals surface area contributed by atoms with Gasteiger partial charge in [-0.3, -0.25) is 4.79 Å². The standard InChI is InChI=1S/C17H19NO3/c1-12-4-3-5-15(10-12)21-9-8-18-17(20)14-6-7-16(19)13(2)11-14/h3-7,10-11,19H,8-9H2,1-2H3,(H,18,20). The molecule has 0 aliphatic carbocycles. The molecule has 0 saturated carbocycles. The van der Waals surface area contributed by atoms with Crippen molar-refractivity contribution in [3.05, 3.63) is 59.2 Å². The van der Waals surface area contributed by atoms with Crippen molar-refractivity contribution in [2.24, 2.45) is 0 Å². The van der Waals surface area contributed by atoms with Crippen LogP contribution >= 0.6 is 0 Å². The second kappa shape index (κ2) is 6.79. The zero-order chi connectivity index (χ0) is 15.2. The second-order valence-electron chi connectivity index (χ2n) is 4.92. The zero-order valence-electron chi connectivity index (χ0n) is 12.2. The number of carbonyl (C=O) groups is 1. The van der Waals surface area contributed by atoms with Crippen molar-refractivity contribution in [2.45, 2.75) is 13.8 Å². The molecule has 2 N–H and O–H groups in total. The summed E-state index contributed by atoms with van der Waals surface area (Å²) in [4.78, 5) is 11.9. The van der Waals surface area contributed by atoms with E-state index in [2.05, 4.69) is 5.32 Å². The second-order valence-corrected chi connectivity index (χ2v) is 4.92. The summed E-state index contributed by atoms with van der Waals surface area (Å²) in [6.45, 7) is 4.59. The van der Waals surface area contributed by atoms with Crippen LogP contribution in [-0.2, 0) is 0 Å². The molecule has 0 bridgehead atoms. The first kappa shape index (κ1) is 14.9. The first-order valence-electron chi connectivity index (χ1n) is 6.83. The number of aromatic hydroxyl groups is 1.